The average Bonchev–Trinajstić information content (AvgIpc) is 2.34. The molecule has 1 rings (SSSR count). The number of para-hydroxylation sites is 1. The van der Waals surface area contributed by atoms with Crippen LogP contribution in [0.25, 0.3) is 0 Å². The number of carbonyl (C=O) groups excluding carboxylic acids is 1. The van der Waals surface area contributed by atoms with Gasteiger partial charge in [0.05, 0.1) is 15.7 Å². The highest BCUT2D eigenvalue weighted by molar-refractivity contribution is 7.99. The second kappa shape index (κ2) is 8.64. The van der Waals surface area contributed by atoms with Gasteiger partial charge in [-0.15, -0.1) is 0 Å². The van der Waals surface area contributed by atoms with E-state index >= 15 is 0 Å². The Balaban J connectivity index is 2.36. The van der Waals surface area contributed by atoms with E-state index in [-0.39, 0.29) is 12.5 Å². The Kier molecular flexibility index (Phi) is 7.51. The zero-order valence-electron chi connectivity index (χ0n) is 9.79. The van der Waals surface area contributed by atoms with Gasteiger partial charge in [-0.05, 0) is 24.3 Å². The van der Waals surface area contributed by atoms with Gasteiger partial charge >= 0.3 is 0 Å². The molecule has 0 aliphatic rings. The van der Waals surface area contributed by atoms with Crippen molar-refractivity contribution in [1.29, 1.82) is 0 Å². The van der Waals surface area contributed by atoms with Crippen molar-refractivity contribution in [2.45, 2.75) is 12.8 Å². The molecular formula is C12H15Cl2NO2S. The van der Waals surface area contributed by atoms with E-state index in [0.717, 1.165) is 12.2 Å². The molecule has 1 aromatic rings. The molecule has 6 heteroatoms. The maximum atomic E-state index is 11.7. The van der Waals surface area contributed by atoms with Crippen molar-refractivity contribution < 1.29 is 9.90 Å². The maximum Gasteiger partial charge on any atom is 0.225 e. The first-order valence-electron chi connectivity index (χ1n) is 5.57. The zero-order chi connectivity index (χ0) is 13.4. The molecule has 2 N–H and O–H groups in total. The predicted octanol–water partition coefficient (Wildman–Crippen LogP) is 3.44. The fourth-order valence-corrected chi connectivity index (χ4v) is 2.61. The smallest absolute Gasteiger partial charge is 0.225 e. The molecule has 1 amide bonds. The van der Waals surface area contributed by atoms with Crippen molar-refractivity contribution in [1.82, 2.24) is 0 Å². The van der Waals surface area contributed by atoms with Crippen molar-refractivity contribution in [2.75, 3.05) is 23.4 Å². The molecule has 3 nitrogen and oxygen atoms in total. The van der Waals surface area contributed by atoms with Gasteiger partial charge in [-0.1, -0.05) is 29.3 Å². The largest absolute Gasteiger partial charge is 0.396 e. The maximum absolute atomic E-state index is 11.7. The van der Waals surface area contributed by atoms with E-state index < -0.39 is 0 Å². The summed E-state index contributed by atoms with van der Waals surface area (Å²) in [5, 5.41) is 12.2. The summed E-state index contributed by atoms with van der Waals surface area (Å²) < 4.78 is 0. The van der Waals surface area contributed by atoms with Crippen molar-refractivity contribution in [3.63, 3.8) is 0 Å². The summed E-state index contributed by atoms with van der Waals surface area (Å²) in [4.78, 5) is 11.7. The molecule has 1 aromatic carbocycles. The molecular weight excluding hydrogens is 293 g/mol. The van der Waals surface area contributed by atoms with Crippen LogP contribution in [-0.4, -0.2) is 29.1 Å². The van der Waals surface area contributed by atoms with Crippen LogP contribution in [0.15, 0.2) is 18.2 Å². The third-order valence-corrected chi connectivity index (χ3v) is 3.85. The van der Waals surface area contributed by atoms with E-state index in [1.54, 1.807) is 30.0 Å². The summed E-state index contributed by atoms with van der Waals surface area (Å²) >= 11 is 13.5. The van der Waals surface area contributed by atoms with E-state index in [0.29, 0.717) is 27.9 Å². The van der Waals surface area contributed by atoms with Gasteiger partial charge in [-0.25, -0.2) is 0 Å². The van der Waals surface area contributed by atoms with Gasteiger partial charge in [0.15, 0.2) is 0 Å². The molecule has 0 aliphatic heterocycles. The molecule has 0 saturated heterocycles. The minimum atomic E-state index is -0.110. The topological polar surface area (TPSA) is 49.3 Å². The average molecular weight is 308 g/mol. The molecule has 0 saturated carbocycles. The number of anilines is 1. The Labute approximate surface area is 121 Å². The Morgan fingerprint density at radius 1 is 1.28 bits per heavy atom. The lowest BCUT2D eigenvalue weighted by Gasteiger charge is -2.08. The van der Waals surface area contributed by atoms with E-state index in [1.165, 1.54) is 0 Å². The van der Waals surface area contributed by atoms with Crippen LogP contribution in [0, 0.1) is 0 Å². The number of aliphatic hydroxyl groups excluding tert-OH is 1. The molecule has 0 fully saturated rings. The van der Waals surface area contributed by atoms with Crippen LogP contribution in [0.2, 0.25) is 10.0 Å². The fourth-order valence-electron chi connectivity index (χ4n) is 1.25. The molecule has 0 radical (unpaired) electrons. The molecule has 0 atom stereocenters. The Morgan fingerprint density at radius 3 is 2.56 bits per heavy atom. The lowest BCUT2D eigenvalue weighted by atomic mass is 10.3. The normalized spacial score (nSPS) is 10.4. The monoisotopic (exact) mass is 307 g/mol. The lowest BCUT2D eigenvalue weighted by molar-refractivity contribution is -0.115. The first kappa shape index (κ1) is 15.6. The van der Waals surface area contributed by atoms with Gasteiger partial charge in [-0.2, -0.15) is 11.8 Å². The van der Waals surface area contributed by atoms with Crippen LogP contribution in [0.3, 0.4) is 0 Å². The Hall–Kier alpha value is -0.420. The minimum Gasteiger partial charge on any atom is -0.396 e. The molecule has 0 bridgehead atoms. The number of aliphatic hydroxyl groups is 1. The van der Waals surface area contributed by atoms with Crippen LogP contribution in [0.4, 0.5) is 5.69 Å². The number of thioether (sulfide) groups is 1. The molecule has 0 aliphatic carbocycles. The number of amides is 1. The third-order valence-electron chi connectivity index (χ3n) is 2.15. The van der Waals surface area contributed by atoms with Crippen LogP contribution in [0.5, 0.6) is 0 Å². The van der Waals surface area contributed by atoms with Gasteiger partial charge in [0.1, 0.15) is 0 Å². The highest BCUT2D eigenvalue weighted by Gasteiger charge is 2.09. The lowest BCUT2D eigenvalue weighted by Crippen LogP contribution is -2.13. The highest BCUT2D eigenvalue weighted by atomic mass is 35.5. The van der Waals surface area contributed by atoms with Crippen molar-refractivity contribution in [3.05, 3.63) is 28.2 Å². The van der Waals surface area contributed by atoms with Crippen molar-refractivity contribution in [2.24, 2.45) is 0 Å². The van der Waals surface area contributed by atoms with Gasteiger partial charge in [0.2, 0.25) is 5.91 Å². The Bertz CT molecular complexity index is 381. The second-order valence-electron chi connectivity index (χ2n) is 3.58. The number of carbonyl (C=O) groups is 1. The minimum absolute atomic E-state index is 0.110. The third kappa shape index (κ3) is 5.48. The van der Waals surface area contributed by atoms with E-state index in [4.69, 9.17) is 28.3 Å². The summed E-state index contributed by atoms with van der Waals surface area (Å²) in [6, 6.07) is 5.09. The molecule has 0 heterocycles. The van der Waals surface area contributed by atoms with Gasteiger partial charge < -0.3 is 10.4 Å². The number of nitrogens with one attached hydrogen (secondary N) is 1. The highest BCUT2D eigenvalue weighted by Crippen LogP contribution is 2.29. The van der Waals surface area contributed by atoms with Crippen LogP contribution in [0.1, 0.15) is 12.8 Å². The molecule has 0 unspecified atom stereocenters. The quantitative estimate of drug-likeness (QED) is 0.759. The summed E-state index contributed by atoms with van der Waals surface area (Å²) in [5.74, 6) is 1.46. The molecule has 0 spiro atoms. The summed E-state index contributed by atoms with van der Waals surface area (Å²) in [6.45, 7) is 0.189. The van der Waals surface area contributed by atoms with E-state index in [2.05, 4.69) is 5.32 Å². The van der Waals surface area contributed by atoms with Crippen LogP contribution in [-0.2, 0) is 4.79 Å². The van der Waals surface area contributed by atoms with Gasteiger partial charge in [0, 0.05) is 18.8 Å². The number of hydrogen-bond acceptors (Lipinski definition) is 3. The standard InChI is InChI=1S/C12H15Cl2NO2S/c13-9-3-1-4-10(14)12(9)15-11(17)5-8-18-7-2-6-16/h1,3-4,16H,2,5-8H2,(H,15,17). The summed E-state index contributed by atoms with van der Waals surface area (Å²) in [6.07, 6.45) is 1.15. The number of hydrogen-bond donors (Lipinski definition) is 2. The van der Waals surface area contributed by atoms with Crippen LogP contribution < -0.4 is 5.32 Å². The first-order chi connectivity index (χ1) is 8.65. The zero-order valence-corrected chi connectivity index (χ0v) is 12.1. The van der Waals surface area contributed by atoms with Gasteiger partial charge in [0.25, 0.3) is 0 Å². The predicted molar refractivity (Wildman–Crippen MR) is 78.7 cm³/mol. The fraction of sp³-hybridized carbons (Fsp3) is 0.417. The Morgan fingerprint density at radius 2 is 1.94 bits per heavy atom. The molecule has 18 heavy (non-hydrogen) atoms. The van der Waals surface area contributed by atoms with Crippen LogP contribution >= 0.6 is 35.0 Å². The SMILES string of the molecule is O=C(CCSCCCO)Nc1c(Cl)cccc1Cl. The van der Waals surface area contributed by atoms with Gasteiger partial charge in [-0.3, -0.25) is 4.79 Å². The number of rotatable bonds is 7. The summed E-state index contributed by atoms with van der Waals surface area (Å²) in [7, 11) is 0. The summed E-state index contributed by atoms with van der Waals surface area (Å²) in [5.41, 5.74) is 0.464. The van der Waals surface area contributed by atoms with Crippen molar-refractivity contribution >= 4 is 46.6 Å². The van der Waals surface area contributed by atoms with Crippen molar-refractivity contribution in [3.8, 4) is 0 Å². The number of benzene rings is 1. The molecule has 100 valence electrons. The number of halogens is 2. The molecule has 0 aromatic heterocycles. The van der Waals surface area contributed by atoms with E-state index in [9.17, 15) is 4.79 Å². The van der Waals surface area contributed by atoms with E-state index in [1.807, 2.05) is 0 Å². The first-order valence-corrected chi connectivity index (χ1v) is 7.48. The second-order valence-corrected chi connectivity index (χ2v) is 5.62.